The summed E-state index contributed by atoms with van der Waals surface area (Å²) >= 11 is 0. The minimum atomic E-state index is -1.25. The van der Waals surface area contributed by atoms with Crippen LogP contribution in [0.2, 0.25) is 0 Å². The standard InChI is InChI=1S/C23H18N2O4/c1-2-29-23(28)19-13-24-20-17-6-4-3-5-14(17)9-12-18(20)21(19)25-16-10-7-15(8-11-16)22(26)27/h3-13H,2H2,1H3,(H,24,25)(H,26,27)/p-1. The predicted octanol–water partition coefficient (Wildman–Crippen LogP) is 3.67. The Morgan fingerprint density at radius 2 is 1.76 bits per heavy atom. The van der Waals surface area contributed by atoms with Crippen molar-refractivity contribution in [3.05, 3.63) is 78.0 Å². The average Bonchev–Trinajstić information content (AvgIpc) is 2.74. The third-order valence-electron chi connectivity index (χ3n) is 4.65. The van der Waals surface area contributed by atoms with Crippen molar-refractivity contribution in [3.63, 3.8) is 0 Å². The lowest BCUT2D eigenvalue weighted by Gasteiger charge is -2.15. The molecule has 0 aliphatic carbocycles. The van der Waals surface area contributed by atoms with Gasteiger partial charge in [0.1, 0.15) is 5.56 Å². The summed E-state index contributed by atoms with van der Waals surface area (Å²) in [5, 5.41) is 17.0. The quantitative estimate of drug-likeness (QED) is 0.416. The van der Waals surface area contributed by atoms with Crippen molar-refractivity contribution in [1.82, 2.24) is 4.98 Å². The molecule has 0 fully saturated rings. The lowest BCUT2D eigenvalue weighted by Crippen LogP contribution is -2.21. The molecule has 4 rings (SSSR count). The Hall–Kier alpha value is -3.93. The van der Waals surface area contributed by atoms with Crippen LogP contribution in [0.5, 0.6) is 0 Å². The molecule has 144 valence electrons. The second kappa shape index (κ2) is 7.59. The molecular formula is C23H17N2O4-. The smallest absolute Gasteiger partial charge is 0.341 e. The predicted molar refractivity (Wildman–Crippen MR) is 109 cm³/mol. The molecule has 1 N–H and O–H groups in total. The van der Waals surface area contributed by atoms with E-state index in [-0.39, 0.29) is 12.2 Å². The van der Waals surface area contributed by atoms with Gasteiger partial charge in [-0.15, -0.1) is 0 Å². The number of carboxylic acid groups (broad SMARTS) is 1. The van der Waals surface area contributed by atoms with E-state index in [9.17, 15) is 14.7 Å². The summed E-state index contributed by atoms with van der Waals surface area (Å²) in [5.41, 5.74) is 2.32. The summed E-state index contributed by atoms with van der Waals surface area (Å²) in [5.74, 6) is -1.73. The fraction of sp³-hybridized carbons (Fsp3) is 0.0870. The molecule has 1 heterocycles. The van der Waals surface area contributed by atoms with Gasteiger partial charge in [0.15, 0.2) is 0 Å². The highest BCUT2D eigenvalue weighted by Gasteiger charge is 2.18. The summed E-state index contributed by atoms with van der Waals surface area (Å²) in [6.07, 6.45) is 1.50. The summed E-state index contributed by atoms with van der Waals surface area (Å²) < 4.78 is 5.19. The van der Waals surface area contributed by atoms with Crippen molar-refractivity contribution in [2.75, 3.05) is 11.9 Å². The van der Waals surface area contributed by atoms with Crippen molar-refractivity contribution >= 4 is 45.0 Å². The molecule has 0 saturated carbocycles. The number of carbonyl (C=O) groups is 2. The number of aromatic nitrogens is 1. The van der Waals surface area contributed by atoms with Crippen LogP contribution in [0, 0.1) is 0 Å². The average molecular weight is 385 g/mol. The molecule has 0 spiro atoms. The van der Waals surface area contributed by atoms with E-state index in [2.05, 4.69) is 10.3 Å². The number of carboxylic acids is 1. The number of carbonyl (C=O) groups excluding carboxylic acids is 2. The van der Waals surface area contributed by atoms with Gasteiger partial charge in [-0.05, 0) is 30.0 Å². The number of nitrogens with one attached hydrogen (secondary N) is 1. The number of fused-ring (bicyclic) bond motifs is 3. The second-order valence-electron chi connectivity index (χ2n) is 6.44. The van der Waals surface area contributed by atoms with Crippen LogP contribution in [-0.2, 0) is 4.74 Å². The third-order valence-corrected chi connectivity index (χ3v) is 4.65. The Kier molecular flexibility index (Phi) is 4.83. The van der Waals surface area contributed by atoms with Gasteiger partial charge in [0.05, 0.1) is 23.8 Å². The highest BCUT2D eigenvalue weighted by atomic mass is 16.5. The number of pyridine rings is 1. The summed E-state index contributed by atoms with van der Waals surface area (Å²) in [6.45, 7) is 1.99. The van der Waals surface area contributed by atoms with Gasteiger partial charge in [-0.1, -0.05) is 48.5 Å². The monoisotopic (exact) mass is 385 g/mol. The topological polar surface area (TPSA) is 91.3 Å². The van der Waals surface area contributed by atoms with E-state index in [1.807, 2.05) is 36.4 Å². The summed E-state index contributed by atoms with van der Waals surface area (Å²) in [4.78, 5) is 28.0. The maximum absolute atomic E-state index is 12.5. The Morgan fingerprint density at radius 1 is 1.00 bits per heavy atom. The summed E-state index contributed by atoms with van der Waals surface area (Å²) in [6, 6.07) is 17.9. The zero-order valence-corrected chi connectivity index (χ0v) is 15.6. The molecule has 0 saturated heterocycles. The Morgan fingerprint density at radius 3 is 2.48 bits per heavy atom. The van der Waals surface area contributed by atoms with Gasteiger partial charge in [0, 0.05) is 22.7 Å². The number of hydrogen-bond acceptors (Lipinski definition) is 6. The lowest BCUT2D eigenvalue weighted by molar-refractivity contribution is -0.255. The highest BCUT2D eigenvalue weighted by Crippen LogP contribution is 2.33. The van der Waals surface area contributed by atoms with E-state index in [4.69, 9.17) is 4.74 Å². The molecule has 0 aliphatic rings. The molecule has 0 radical (unpaired) electrons. The third kappa shape index (κ3) is 3.48. The van der Waals surface area contributed by atoms with Crippen molar-refractivity contribution in [2.45, 2.75) is 6.92 Å². The molecular weight excluding hydrogens is 368 g/mol. The maximum atomic E-state index is 12.5. The number of nitrogens with zero attached hydrogens (tertiary/aromatic N) is 1. The molecule has 29 heavy (non-hydrogen) atoms. The van der Waals surface area contributed by atoms with Gasteiger partial charge in [0.25, 0.3) is 0 Å². The molecule has 6 nitrogen and oxygen atoms in total. The van der Waals surface area contributed by atoms with E-state index in [0.717, 1.165) is 21.7 Å². The van der Waals surface area contributed by atoms with Crippen molar-refractivity contribution in [1.29, 1.82) is 0 Å². The molecule has 3 aromatic carbocycles. The van der Waals surface area contributed by atoms with Crippen LogP contribution in [0.3, 0.4) is 0 Å². The van der Waals surface area contributed by atoms with E-state index >= 15 is 0 Å². The van der Waals surface area contributed by atoms with Crippen molar-refractivity contribution < 1.29 is 19.4 Å². The first-order valence-electron chi connectivity index (χ1n) is 9.14. The molecule has 0 atom stereocenters. The zero-order valence-electron chi connectivity index (χ0n) is 15.6. The number of rotatable bonds is 5. The molecule has 0 aliphatic heterocycles. The van der Waals surface area contributed by atoms with Crippen LogP contribution in [0.1, 0.15) is 27.6 Å². The number of ether oxygens (including phenoxy) is 1. The second-order valence-corrected chi connectivity index (χ2v) is 6.44. The first kappa shape index (κ1) is 18.4. The number of hydrogen-bond donors (Lipinski definition) is 1. The van der Waals surface area contributed by atoms with Gasteiger partial charge in [-0.25, -0.2) is 4.79 Å². The van der Waals surface area contributed by atoms with Gasteiger partial charge in [-0.2, -0.15) is 0 Å². The van der Waals surface area contributed by atoms with Crippen LogP contribution in [0.25, 0.3) is 21.7 Å². The maximum Gasteiger partial charge on any atom is 0.341 e. The van der Waals surface area contributed by atoms with E-state index in [1.54, 1.807) is 19.1 Å². The lowest BCUT2D eigenvalue weighted by atomic mass is 10.0. The normalized spacial score (nSPS) is 10.8. The highest BCUT2D eigenvalue weighted by molar-refractivity contribution is 6.13. The minimum absolute atomic E-state index is 0.0757. The van der Waals surface area contributed by atoms with Crippen LogP contribution < -0.4 is 10.4 Å². The fourth-order valence-electron chi connectivity index (χ4n) is 3.27. The number of benzene rings is 3. The summed E-state index contributed by atoms with van der Waals surface area (Å²) in [7, 11) is 0. The van der Waals surface area contributed by atoms with Gasteiger partial charge >= 0.3 is 5.97 Å². The SMILES string of the molecule is CCOC(=O)c1cnc2c(ccc3ccccc32)c1Nc1ccc(C(=O)[O-])cc1. The molecule has 0 unspecified atom stereocenters. The van der Waals surface area contributed by atoms with Crippen LogP contribution >= 0.6 is 0 Å². The van der Waals surface area contributed by atoms with Crippen molar-refractivity contribution in [3.8, 4) is 0 Å². The van der Waals surface area contributed by atoms with E-state index in [1.165, 1.54) is 18.3 Å². The Labute approximate surface area is 166 Å². The Bertz CT molecular complexity index is 1230. The molecule has 0 bridgehead atoms. The van der Waals surface area contributed by atoms with Crippen LogP contribution in [-0.4, -0.2) is 23.5 Å². The number of esters is 1. The zero-order chi connectivity index (χ0) is 20.4. The largest absolute Gasteiger partial charge is 0.545 e. The number of aromatic carboxylic acids is 1. The fourth-order valence-corrected chi connectivity index (χ4v) is 3.27. The molecule has 0 amide bonds. The van der Waals surface area contributed by atoms with Gasteiger partial charge < -0.3 is 20.0 Å². The molecule has 4 aromatic rings. The van der Waals surface area contributed by atoms with Gasteiger partial charge in [-0.3, -0.25) is 4.98 Å². The number of anilines is 2. The van der Waals surface area contributed by atoms with Gasteiger partial charge in [0.2, 0.25) is 0 Å². The van der Waals surface area contributed by atoms with E-state index < -0.39 is 11.9 Å². The molecule has 6 heteroatoms. The van der Waals surface area contributed by atoms with E-state index in [0.29, 0.717) is 16.9 Å². The first-order valence-corrected chi connectivity index (χ1v) is 9.14. The minimum Gasteiger partial charge on any atom is -0.545 e. The van der Waals surface area contributed by atoms with Crippen LogP contribution in [0.15, 0.2) is 66.9 Å². The van der Waals surface area contributed by atoms with Crippen LogP contribution in [0.4, 0.5) is 11.4 Å². The Balaban J connectivity index is 1.89. The first-order chi connectivity index (χ1) is 14.1. The molecule has 1 aromatic heterocycles. The van der Waals surface area contributed by atoms with Crippen molar-refractivity contribution in [2.24, 2.45) is 0 Å².